The van der Waals surface area contributed by atoms with Crippen molar-refractivity contribution in [2.24, 2.45) is 0 Å². The maximum atomic E-state index is 5.18. The van der Waals surface area contributed by atoms with E-state index in [0.717, 1.165) is 39.1 Å². The molecule has 0 bridgehead atoms. The van der Waals surface area contributed by atoms with Crippen molar-refractivity contribution in [2.75, 3.05) is 33.4 Å². The molecule has 1 N–H and O–H groups in total. The van der Waals surface area contributed by atoms with Gasteiger partial charge in [0.2, 0.25) is 0 Å². The van der Waals surface area contributed by atoms with Gasteiger partial charge in [0.15, 0.2) is 0 Å². The van der Waals surface area contributed by atoms with Crippen molar-refractivity contribution in [2.45, 2.75) is 31.8 Å². The minimum Gasteiger partial charge on any atom is -0.385 e. The van der Waals surface area contributed by atoms with Crippen molar-refractivity contribution in [1.29, 1.82) is 0 Å². The van der Waals surface area contributed by atoms with E-state index in [-0.39, 0.29) is 0 Å². The van der Waals surface area contributed by atoms with E-state index in [0.29, 0.717) is 12.1 Å². The number of hydrogen-bond acceptors (Lipinski definition) is 3. The van der Waals surface area contributed by atoms with Crippen LogP contribution in [0.1, 0.15) is 18.9 Å². The summed E-state index contributed by atoms with van der Waals surface area (Å²) in [5, 5.41) is 3.64. The molecule has 1 heterocycles. The molecule has 2 rings (SSSR count). The van der Waals surface area contributed by atoms with Gasteiger partial charge in [-0.15, -0.1) is 0 Å². The average Bonchev–Trinajstić information content (AvgIpc) is 2.46. The molecule has 1 aromatic carbocycles. The van der Waals surface area contributed by atoms with E-state index >= 15 is 0 Å². The van der Waals surface area contributed by atoms with Crippen LogP contribution in [0.3, 0.4) is 0 Å². The second-order valence-electron chi connectivity index (χ2n) is 5.47. The molecule has 0 aliphatic carbocycles. The molecule has 1 aliphatic heterocycles. The van der Waals surface area contributed by atoms with E-state index in [1.54, 1.807) is 7.11 Å². The van der Waals surface area contributed by atoms with Crippen molar-refractivity contribution in [3.05, 3.63) is 35.9 Å². The summed E-state index contributed by atoms with van der Waals surface area (Å²) >= 11 is 0. The molecular formula is C16H26N2O. The van der Waals surface area contributed by atoms with E-state index in [9.17, 15) is 0 Å². The molecule has 19 heavy (non-hydrogen) atoms. The fourth-order valence-electron chi connectivity index (χ4n) is 2.76. The zero-order valence-corrected chi connectivity index (χ0v) is 12.1. The normalized spacial score (nSPS) is 22.3. The molecule has 0 spiro atoms. The Hall–Kier alpha value is -0.900. The average molecular weight is 262 g/mol. The zero-order chi connectivity index (χ0) is 13.5. The Kier molecular flexibility index (Phi) is 5.83. The minimum absolute atomic E-state index is 0.571. The van der Waals surface area contributed by atoms with E-state index in [2.05, 4.69) is 47.5 Å². The SMILES string of the molecule is COCCC(C)N1CCNC(Cc2ccccc2)C1. The molecule has 2 atom stereocenters. The number of nitrogens with zero attached hydrogens (tertiary/aromatic N) is 1. The molecule has 1 aliphatic rings. The van der Waals surface area contributed by atoms with Crippen LogP contribution in [0, 0.1) is 0 Å². The highest BCUT2D eigenvalue weighted by Gasteiger charge is 2.22. The van der Waals surface area contributed by atoms with Crippen LogP contribution in [0.15, 0.2) is 30.3 Å². The monoisotopic (exact) mass is 262 g/mol. The first-order valence-electron chi connectivity index (χ1n) is 7.30. The summed E-state index contributed by atoms with van der Waals surface area (Å²) < 4.78 is 5.18. The molecule has 0 amide bonds. The number of rotatable bonds is 6. The second kappa shape index (κ2) is 7.63. The van der Waals surface area contributed by atoms with Crippen molar-refractivity contribution in [3.8, 4) is 0 Å². The van der Waals surface area contributed by atoms with Crippen molar-refractivity contribution in [1.82, 2.24) is 10.2 Å². The van der Waals surface area contributed by atoms with E-state index in [1.165, 1.54) is 5.56 Å². The topological polar surface area (TPSA) is 24.5 Å². The fourth-order valence-corrected chi connectivity index (χ4v) is 2.76. The maximum absolute atomic E-state index is 5.18. The zero-order valence-electron chi connectivity index (χ0n) is 12.1. The molecular weight excluding hydrogens is 236 g/mol. The lowest BCUT2D eigenvalue weighted by atomic mass is 10.0. The summed E-state index contributed by atoms with van der Waals surface area (Å²) in [6.07, 6.45) is 2.24. The van der Waals surface area contributed by atoms with Gasteiger partial charge in [0.25, 0.3) is 0 Å². The van der Waals surface area contributed by atoms with Crippen molar-refractivity contribution >= 4 is 0 Å². The van der Waals surface area contributed by atoms with Crippen LogP contribution >= 0.6 is 0 Å². The third-order valence-electron chi connectivity index (χ3n) is 3.97. The summed E-state index contributed by atoms with van der Waals surface area (Å²) in [5.74, 6) is 0. The van der Waals surface area contributed by atoms with Crippen LogP contribution in [-0.4, -0.2) is 50.3 Å². The summed E-state index contributed by atoms with van der Waals surface area (Å²) in [5.41, 5.74) is 1.42. The molecule has 3 heteroatoms. The highest BCUT2D eigenvalue weighted by atomic mass is 16.5. The van der Waals surface area contributed by atoms with Crippen LogP contribution < -0.4 is 5.32 Å². The molecule has 1 aromatic rings. The second-order valence-corrected chi connectivity index (χ2v) is 5.47. The van der Waals surface area contributed by atoms with Crippen molar-refractivity contribution < 1.29 is 4.74 Å². The van der Waals surface area contributed by atoms with Gasteiger partial charge in [-0.1, -0.05) is 30.3 Å². The van der Waals surface area contributed by atoms with Crippen LogP contribution in [0.25, 0.3) is 0 Å². The first-order chi connectivity index (χ1) is 9.29. The van der Waals surface area contributed by atoms with Crippen LogP contribution in [0.4, 0.5) is 0 Å². The Bertz CT molecular complexity index is 355. The number of ether oxygens (including phenoxy) is 1. The van der Waals surface area contributed by atoms with Gasteiger partial charge in [-0.05, 0) is 25.3 Å². The van der Waals surface area contributed by atoms with Gasteiger partial charge in [0.05, 0.1) is 0 Å². The van der Waals surface area contributed by atoms with E-state index in [4.69, 9.17) is 4.74 Å². The van der Waals surface area contributed by atoms with E-state index < -0.39 is 0 Å². The van der Waals surface area contributed by atoms with Gasteiger partial charge >= 0.3 is 0 Å². The fraction of sp³-hybridized carbons (Fsp3) is 0.625. The number of nitrogens with one attached hydrogen (secondary N) is 1. The molecule has 1 saturated heterocycles. The molecule has 3 nitrogen and oxygen atoms in total. The summed E-state index contributed by atoms with van der Waals surface area (Å²) in [4.78, 5) is 2.59. The largest absolute Gasteiger partial charge is 0.385 e. The van der Waals surface area contributed by atoms with Crippen molar-refractivity contribution in [3.63, 3.8) is 0 Å². The third kappa shape index (κ3) is 4.60. The highest BCUT2D eigenvalue weighted by molar-refractivity contribution is 5.16. The van der Waals surface area contributed by atoms with Gasteiger partial charge in [-0.25, -0.2) is 0 Å². The predicted molar refractivity (Wildman–Crippen MR) is 79.5 cm³/mol. The van der Waals surface area contributed by atoms with Gasteiger partial charge < -0.3 is 10.1 Å². The lowest BCUT2D eigenvalue weighted by Gasteiger charge is -2.37. The Morgan fingerprint density at radius 3 is 2.89 bits per heavy atom. The minimum atomic E-state index is 0.571. The van der Waals surface area contributed by atoms with Crippen LogP contribution in [0.5, 0.6) is 0 Å². The molecule has 0 saturated carbocycles. The molecule has 0 radical (unpaired) electrons. The van der Waals surface area contributed by atoms with Gasteiger partial charge in [-0.3, -0.25) is 4.90 Å². The quantitative estimate of drug-likeness (QED) is 0.848. The Labute approximate surface area is 116 Å². The van der Waals surface area contributed by atoms with Crippen LogP contribution in [0.2, 0.25) is 0 Å². The lowest BCUT2D eigenvalue weighted by molar-refractivity contribution is 0.113. The summed E-state index contributed by atoms with van der Waals surface area (Å²) in [7, 11) is 1.78. The van der Waals surface area contributed by atoms with E-state index in [1.807, 2.05) is 0 Å². The number of methoxy groups -OCH3 is 1. The summed E-state index contributed by atoms with van der Waals surface area (Å²) in [6, 6.07) is 11.9. The predicted octanol–water partition coefficient (Wildman–Crippen LogP) is 1.93. The smallest absolute Gasteiger partial charge is 0.0477 e. The van der Waals surface area contributed by atoms with Gasteiger partial charge in [0, 0.05) is 45.4 Å². The van der Waals surface area contributed by atoms with Crippen LogP contribution in [-0.2, 0) is 11.2 Å². The number of benzene rings is 1. The standard InChI is InChI=1S/C16H26N2O/c1-14(8-11-19-2)18-10-9-17-16(13-18)12-15-6-4-3-5-7-15/h3-7,14,16-17H,8-13H2,1-2H3. The Balaban J connectivity index is 1.83. The Morgan fingerprint density at radius 1 is 1.37 bits per heavy atom. The van der Waals surface area contributed by atoms with Gasteiger partial charge in [0.1, 0.15) is 0 Å². The lowest BCUT2D eigenvalue weighted by Crippen LogP contribution is -2.54. The number of hydrogen-bond donors (Lipinski definition) is 1. The number of piperazine rings is 1. The molecule has 1 fully saturated rings. The maximum Gasteiger partial charge on any atom is 0.0477 e. The molecule has 106 valence electrons. The third-order valence-corrected chi connectivity index (χ3v) is 3.97. The van der Waals surface area contributed by atoms with Gasteiger partial charge in [-0.2, -0.15) is 0 Å². The molecule has 0 aromatic heterocycles. The summed E-state index contributed by atoms with van der Waals surface area (Å²) in [6.45, 7) is 6.54. The molecule has 2 unspecified atom stereocenters. The highest BCUT2D eigenvalue weighted by Crippen LogP contribution is 2.11. The Morgan fingerprint density at radius 2 is 2.16 bits per heavy atom. The first kappa shape index (κ1) is 14.5. The first-order valence-corrected chi connectivity index (χ1v) is 7.30.